The van der Waals surface area contributed by atoms with Crippen molar-refractivity contribution >= 4 is 39.3 Å². The maximum atomic E-state index is 11.6. The third-order valence-electron chi connectivity index (χ3n) is 5.00. The van der Waals surface area contributed by atoms with Crippen LogP contribution in [0, 0.1) is 17.0 Å². The van der Waals surface area contributed by atoms with Gasteiger partial charge in [-0.1, -0.05) is 69.6 Å². The van der Waals surface area contributed by atoms with Gasteiger partial charge in [0.15, 0.2) is 5.16 Å². The molecule has 34 heavy (non-hydrogen) atoms. The number of ether oxygens (including phenoxy) is 1. The minimum Gasteiger partial charge on any atom is -0.489 e. The van der Waals surface area contributed by atoms with Crippen LogP contribution in [0.25, 0.3) is 5.69 Å². The fourth-order valence-electron chi connectivity index (χ4n) is 3.41. The van der Waals surface area contributed by atoms with E-state index in [2.05, 4.69) is 26.1 Å². The Morgan fingerprint density at radius 1 is 1.12 bits per heavy atom. The molecule has 0 aliphatic heterocycles. The van der Waals surface area contributed by atoms with E-state index in [0.717, 1.165) is 15.7 Å². The zero-order valence-electron chi connectivity index (χ0n) is 18.1. The summed E-state index contributed by atoms with van der Waals surface area (Å²) in [6, 6.07) is 22.6. The number of nitrogens with zero attached hydrogens (tertiary/aromatic N) is 4. The summed E-state index contributed by atoms with van der Waals surface area (Å²) < 4.78 is 8.76. The van der Waals surface area contributed by atoms with Crippen LogP contribution in [0.2, 0.25) is 5.02 Å². The van der Waals surface area contributed by atoms with Gasteiger partial charge in [0.25, 0.3) is 0 Å². The van der Waals surface area contributed by atoms with Gasteiger partial charge in [-0.05, 0) is 55.0 Å². The number of aryl methyl sites for hydroxylation is 1. The molecule has 0 unspecified atom stereocenters. The molecule has 1 aromatic heterocycles. The van der Waals surface area contributed by atoms with E-state index in [9.17, 15) is 10.1 Å². The minimum absolute atomic E-state index is 0.310. The van der Waals surface area contributed by atoms with Gasteiger partial charge < -0.3 is 4.74 Å². The molecule has 0 spiro atoms. The number of benzene rings is 3. The molecule has 0 aliphatic rings. The fraction of sp³-hybridized carbons (Fsp3) is 0.167. The van der Waals surface area contributed by atoms with Crippen LogP contribution in [0.1, 0.15) is 22.2 Å². The van der Waals surface area contributed by atoms with Gasteiger partial charge in [0.1, 0.15) is 23.4 Å². The molecule has 7 nitrogen and oxygen atoms in total. The highest BCUT2D eigenvalue weighted by Gasteiger charge is 2.27. The van der Waals surface area contributed by atoms with Crippen LogP contribution < -0.4 is 4.74 Å². The molecule has 0 saturated heterocycles. The van der Waals surface area contributed by atoms with E-state index in [-0.39, 0.29) is 11.5 Å². The van der Waals surface area contributed by atoms with Gasteiger partial charge in [-0.15, -0.1) is 10.2 Å². The van der Waals surface area contributed by atoms with Crippen molar-refractivity contribution in [3.8, 4) is 11.4 Å². The first-order chi connectivity index (χ1) is 16.4. The standard InChI is InChI=1S/C24H20BrClN4O3S/c1-16-27-28-24(30(16)20-10-8-19(26)9-11-20)34-23(14-29(31)32)21-13-18(25)7-12-22(21)33-15-17-5-3-2-4-6-17/h2-13,23H,14-15H2,1H3/t23-/m0/s1. The maximum absolute atomic E-state index is 11.6. The van der Waals surface area contributed by atoms with Crippen LogP contribution in [0.3, 0.4) is 0 Å². The topological polar surface area (TPSA) is 83.1 Å². The van der Waals surface area contributed by atoms with Crippen LogP contribution >= 0.6 is 39.3 Å². The highest BCUT2D eigenvalue weighted by molar-refractivity contribution is 9.10. The summed E-state index contributed by atoms with van der Waals surface area (Å²) in [5.41, 5.74) is 2.53. The predicted octanol–water partition coefficient (Wildman–Crippen LogP) is 6.68. The van der Waals surface area contributed by atoms with Gasteiger partial charge in [-0.25, -0.2) is 0 Å². The van der Waals surface area contributed by atoms with Crippen LogP contribution in [0.15, 0.2) is 82.4 Å². The van der Waals surface area contributed by atoms with E-state index >= 15 is 0 Å². The van der Waals surface area contributed by atoms with Crippen molar-refractivity contribution < 1.29 is 9.66 Å². The zero-order chi connectivity index (χ0) is 24.1. The number of hydrogen-bond acceptors (Lipinski definition) is 6. The molecule has 0 amide bonds. The lowest BCUT2D eigenvalue weighted by atomic mass is 10.1. The molecule has 4 rings (SSSR count). The van der Waals surface area contributed by atoms with E-state index < -0.39 is 5.25 Å². The zero-order valence-corrected chi connectivity index (χ0v) is 21.3. The van der Waals surface area contributed by atoms with E-state index in [0.29, 0.717) is 33.9 Å². The summed E-state index contributed by atoms with van der Waals surface area (Å²) >= 11 is 10.8. The molecule has 0 bridgehead atoms. The third-order valence-corrected chi connectivity index (χ3v) is 6.91. The number of thioether (sulfide) groups is 1. The molecule has 4 aromatic rings. The number of rotatable bonds is 9. The molecule has 1 heterocycles. The van der Waals surface area contributed by atoms with Crippen molar-refractivity contribution in [2.45, 2.75) is 23.9 Å². The molecular weight excluding hydrogens is 540 g/mol. The minimum atomic E-state index is -0.562. The molecule has 0 aliphatic carbocycles. The maximum Gasteiger partial charge on any atom is 0.220 e. The molecule has 174 valence electrons. The summed E-state index contributed by atoms with van der Waals surface area (Å²) in [6.07, 6.45) is 0. The second kappa shape index (κ2) is 11.0. The van der Waals surface area contributed by atoms with Crippen molar-refractivity contribution in [2.75, 3.05) is 6.54 Å². The molecule has 0 saturated carbocycles. The lowest BCUT2D eigenvalue weighted by Crippen LogP contribution is -2.12. The molecular formula is C24H20BrClN4O3S. The summed E-state index contributed by atoms with van der Waals surface area (Å²) in [5, 5.41) is 20.7. The lowest BCUT2D eigenvalue weighted by molar-refractivity contribution is -0.479. The monoisotopic (exact) mass is 558 g/mol. The number of nitro groups is 1. The van der Waals surface area contributed by atoms with E-state index in [4.69, 9.17) is 16.3 Å². The fourth-order valence-corrected chi connectivity index (χ4v) is 5.10. The highest BCUT2D eigenvalue weighted by atomic mass is 79.9. The van der Waals surface area contributed by atoms with Crippen molar-refractivity contribution in [1.82, 2.24) is 14.8 Å². The van der Waals surface area contributed by atoms with Crippen molar-refractivity contribution in [1.29, 1.82) is 0 Å². The Balaban J connectivity index is 1.68. The van der Waals surface area contributed by atoms with Crippen LogP contribution in [0.4, 0.5) is 0 Å². The van der Waals surface area contributed by atoms with Crippen molar-refractivity contribution in [3.05, 3.63) is 109 Å². The second-order valence-corrected chi connectivity index (χ2v) is 9.94. The van der Waals surface area contributed by atoms with Crippen molar-refractivity contribution in [3.63, 3.8) is 0 Å². The van der Waals surface area contributed by atoms with Crippen LogP contribution in [0.5, 0.6) is 5.75 Å². The number of halogens is 2. The Kier molecular flexibility index (Phi) is 7.87. The van der Waals surface area contributed by atoms with E-state index in [1.165, 1.54) is 11.8 Å². The first kappa shape index (κ1) is 24.3. The SMILES string of the molecule is Cc1nnc(S[C@@H](C[N+](=O)[O-])c2cc(Br)ccc2OCc2ccccc2)n1-c1ccc(Cl)cc1. The number of hydrogen-bond donors (Lipinski definition) is 0. The Hall–Kier alpha value is -2.88. The quantitative estimate of drug-likeness (QED) is 0.129. The third kappa shape index (κ3) is 5.97. The molecule has 10 heteroatoms. The Labute approximate surface area is 214 Å². The lowest BCUT2D eigenvalue weighted by Gasteiger charge is -2.18. The van der Waals surface area contributed by atoms with Crippen LogP contribution in [-0.2, 0) is 6.61 Å². The summed E-state index contributed by atoms with van der Waals surface area (Å²) in [7, 11) is 0. The van der Waals surface area contributed by atoms with Gasteiger partial charge in [0.2, 0.25) is 6.54 Å². The molecule has 3 aromatic carbocycles. The van der Waals surface area contributed by atoms with Gasteiger partial charge in [0, 0.05) is 25.7 Å². The Bertz CT molecular complexity index is 1290. The summed E-state index contributed by atoms with van der Waals surface area (Å²) in [4.78, 5) is 11.3. The van der Waals surface area contributed by atoms with E-state index in [1.807, 2.05) is 72.2 Å². The molecule has 0 fully saturated rings. The van der Waals surface area contributed by atoms with Crippen LogP contribution in [-0.4, -0.2) is 26.2 Å². The normalized spacial score (nSPS) is 11.9. The highest BCUT2D eigenvalue weighted by Crippen LogP contribution is 2.41. The predicted molar refractivity (Wildman–Crippen MR) is 136 cm³/mol. The first-order valence-electron chi connectivity index (χ1n) is 10.3. The van der Waals surface area contributed by atoms with Gasteiger partial charge in [-0.2, -0.15) is 0 Å². The first-order valence-corrected chi connectivity index (χ1v) is 12.4. The summed E-state index contributed by atoms with van der Waals surface area (Å²) in [5.74, 6) is 1.25. The molecule has 0 N–H and O–H groups in total. The van der Waals surface area contributed by atoms with Crippen molar-refractivity contribution in [2.24, 2.45) is 0 Å². The van der Waals surface area contributed by atoms with E-state index in [1.54, 1.807) is 12.1 Å². The second-order valence-electron chi connectivity index (χ2n) is 7.42. The Morgan fingerprint density at radius 2 is 1.85 bits per heavy atom. The average Bonchev–Trinajstić information content (AvgIpc) is 3.18. The average molecular weight is 560 g/mol. The largest absolute Gasteiger partial charge is 0.489 e. The molecule has 0 radical (unpaired) electrons. The van der Waals surface area contributed by atoms with Gasteiger partial charge >= 0.3 is 0 Å². The number of aromatic nitrogens is 3. The summed E-state index contributed by atoms with van der Waals surface area (Å²) in [6.45, 7) is 1.88. The van der Waals surface area contributed by atoms with Gasteiger partial charge in [0.05, 0.1) is 0 Å². The smallest absolute Gasteiger partial charge is 0.220 e. The molecule has 1 atom stereocenters. The van der Waals surface area contributed by atoms with Gasteiger partial charge in [-0.3, -0.25) is 14.7 Å². The Morgan fingerprint density at radius 3 is 2.56 bits per heavy atom.